The summed E-state index contributed by atoms with van der Waals surface area (Å²) < 4.78 is 5.99. The summed E-state index contributed by atoms with van der Waals surface area (Å²) in [6.45, 7) is 2.71. The lowest BCUT2D eigenvalue weighted by atomic mass is 10.1. The Morgan fingerprint density at radius 3 is 2.86 bits per heavy atom. The predicted molar refractivity (Wildman–Crippen MR) is 82.8 cm³/mol. The molecule has 1 fully saturated rings. The Morgan fingerprint density at radius 2 is 2.14 bits per heavy atom. The van der Waals surface area contributed by atoms with E-state index in [1.54, 1.807) is 18.3 Å². The molecule has 0 atom stereocenters. The van der Waals surface area contributed by atoms with E-state index in [9.17, 15) is 5.11 Å². The van der Waals surface area contributed by atoms with Crippen LogP contribution in [0, 0.1) is 5.92 Å². The molecule has 6 nitrogen and oxygen atoms in total. The monoisotopic (exact) mass is 296 g/mol. The molecule has 1 saturated heterocycles. The Balaban J connectivity index is 1.70. The van der Waals surface area contributed by atoms with Crippen molar-refractivity contribution in [3.63, 3.8) is 0 Å². The zero-order chi connectivity index (χ0) is 14.9. The van der Waals surface area contributed by atoms with Gasteiger partial charge in [0.05, 0.1) is 35.6 Å². The number of nitrogens with zero attached hydrogens (tertiary/aromatic N) is 2. The molecule has 4 rings (SSSR count). The third-order valence-corrected chi connectivity index (χ3v) is 3.90. The van der Waals surface area contributed by atoms with Gasteiger partial charge in [-0.1, -0.05) is 0 Å². The molecule has 0 aliphatic carbocycles. The molecule has 112 valence electrons. The molecule has 0 radical (unpaired) electrons. The Hall–Kier alpha value is -2.60. The van der Waals surface area contributed by atoms with Gasteiger partial charge < -0.3 is 15.2 Å². The molecular weight excluding hydrogens is 280 g/mol. The minimum Gasteiger partial charge on any atom is -0.506 e. The fourth-order valence-electron chi connectivity index (χ4n) is 2.52. The van der Waals surface area contributed by atoms with Gasteiger partial charge >= 0.3 is 0 Å². The lowest BCUT2D eigenvalue weighted by Crippen LogP contribution is -2.45. The van der Waals surface area contributed by atoms with Crippen LogP contribution in [0.5, 0.6) is 11.5 Å². The number of fused-ring (bicyclic) bond motifs is 1. The largest absolute Gasteiger partial charge is 0.506 e. The molecule has 0 amide bonds. The highest BCUT2D eigenvalue weighted by atomic mass is 16.5. The number of nitrogens with one attached hydrogen (secondary N) is 2. The molecule has 6 heteroatoms. The van der Waals surface area contributed by atoms with Crippen LogP contribution in [-0.4, -0.2) is 40.0 Å². The second-order valence-corrected chi connectivity index (χ2v) is 5.54. The SMILES string of the molecule is Oc1ccc(-c2cc(OCC3CNC3)c3cn[nH]c3c2)nc1. The van der Waals surface area contributed by atoms with Gasteiger partial charge in [0, 0.05) is 24.6 Å². The van der Waals surface area contributed by atoms with Crippen molar-refractivity contribution in [1.29, 1.82) is 0 Å². The third-order valence-electron chi connectivity index (χ3n) is 3.90. The van der Waals surface area contributed by atoms with Crippen molar-refractivity contribution in [1.82, 2.24) is 20.5 Å². The van der Waals surface area contributed by atoms with Crippen LogP contribution in [0.3, 0.4) is 0 Å². The summed E-state index contributed by atoms with van der Waals surface area (Å²) in [5.74, 6) is 1.53. The van der Waals surface area contributed by atoms with Crippen LogP contribution in [0.1, 0.15) is 0 Å². The van der Waals surface area contributed by atoms with E-state index < -0.39 is 0 Å². The van der Waals surface area contributed by atoms with E-state index in [0.29, 0.717) is 12.5 Å². The van der Waals surface area contributed by atoms with E-state index in [1.165, 1.54) is 6.20 Å². The van der Waals surface area contributed by atoms with Crippen molar-refractivity contribution < 1.29 is 9.84 Å². The molecule has 1 aliphatic heterocycles. The number of aromatic amines is 1. The number of aromatic hydroxyl groups is 1. The van der Waals surface area contributed by atoms with Crippen molar-refractivity contribution in [2.45, 2.75) is 0 Å². The van der Waals surface area contributed by atoms with Gasteiger partial charge in [-0.25, -0.2) is 0 Å². The van der Waals surface area contributed by atoms with Crippen LogP contribution >= 0.6 is 0 Å². The van der Waals surface area contributed by atoms with E-state index in [4.69, 9.17) is 4.74 Å². The molecule has 1 aromatic carbocycles. The number of aromatic nitrogens is 3. The quantitative estimate of drug-likeness (QED) is 0.685. The van der Waals surface area contributed by atoms with Gasteiger partial charge in [-0.2, -0.15) is 5.10 Å². The van der Waals surface area contributed by atoms with Crippen LogP contribution in [-0.2, 0) is 0 Å². The number of ether oxygens (including phenoxy) is 1. The molecule has 0 unspecified atom stereocenters. The first-order valence-electron chi connectivity index (χ1n) is 7.25. The molecule has 0 spiro atoms. The van der Waals surface area contributed by atoms with Crippen LogP contribution < -0.4 is 10.1 Å². The van der Waals surface area contributed by atoms with Crippen LogP contribution in [0.4, 0.5) is 0 Å². The number of hydrogen-bond acceptors (Lipinski definition) is 5. The van der Waals surface area contributed by atoms with Gasteiger partial charge in [0.1, 0.15) is 11.5 Å². The van der Waals surface area contributed by atoms with E-state index in [-0.39, 0.29) is 5.75 Å². The van der Waals surface area contributed by atoms with Gasteiger partial charge in [0.15, 0.2) is 0 Å². The summed E-state index contributed by atoms with van der Waals surface area (Å²) >= 11 is 0. The van der Waals surface area contributed by atoms with Crippen LogP contribution in [0.2, 0.25) is 0 Å². The Bertz CT molecular complexity index is 794. The fourth-order valence-corrected chi connectivity index (χ4v) is 2.52. The van der Waals surface area contributed by atoms with Crippen LogP contribution in [0.25, 0.3) is 22.2 Å². The molecule has 1 aliphatic rings. The third kappa shape index (κ3) is 2.37. The Kier molecular flexibility index (Phi) is 3.16. The Morgan fingerprint density at radius 1 is 1.23 bits per heavy atom. The minimum absolute atomic E-state index is 0.153. The van der Waals surface area contributed by atoms with Crippen LogP contribution in [0.15, 0.2) is 36.7 Å². The zero-order valence-electron chi connectivity index (χ0n) is 11.9. The number of H-pyrrole nitrogens is 1. The van der Waals surface area contributed by atoms with Crippen molar-refractivity contribution in [2.75, 3.05) is 19.7 Å². The van der Waals surface area contributed by atoms with Gasteiger partial charge in [-0.15, -0.1) is 0 Å². The van der Waals surface area contributed by atoms with Crippen molar-refractivity contribution in [3.8, 4) is 22.8 Å². The number of hydrogen-bond donors (Lipinski definition) is 3. The Labute approximate surface area is 127 Å². The normalized spacial score (nSPS) is 14.9. The van der Waals surface area contributed by atoms with Gasteiger partial charge in [-0.05, 0) is 24.3 Å². The lowest BCUT2D eigenvalue weighted by molar-refractivity contribution is 0.201. The van der Waals surface area contributed by atoms with Crippen molar-refractivity contribution in [3.05, 3.63) is 36.7 Å². The van der Waals surface area contributed by atoms with E-state index in [2.05, 4.69) is 20.5 Å². The molecule has 0 saturated carbocycles. The number of rotatable bonds is 4. The maximum Gasteiger partial charge on any atom is 0.133 e. The van der Waals surface area contributed by atoms with Crippen molar-refractivity contribution in [2.24, 2.45) is 5.92 Å². The smallest absolute Gasteiger partial charge is 0.133 e. The molecule has 3 N–H and O–H groups in total. The summed E-state index contributed by atoms with van der Waals surface area (Å²) in [5, 5.41) is 20.6. The maximum atomic E-state index is 9.37. The first kappa shape index (κ1) is 13.1. The summed E-state index contributed by atoms with van der Waals surface area (Å²) in [6.07, 6.45) is 3.21. The first-order valence-corrected chi connectivity index (χ1v) is 7.25. The minimum atomic E-state index is 0.153. The van der Waals surface area contributed by atoms with E-state index in [0.717, 1.165) is 41.0 Å². The molecule has 2 aromatic heterocycles. The summed E-state index contributed by atoms with van der Waals surface area (Å²) in [4.78, 5) is 4.25. The predicted octanol–water partition coefficient (Wildman–Crippen LogP) is 1.93. The highest BCUT2D eigenvalue weighted by Gasteiger charge is 2.18. The molecular formula is C16H16N4O2. The lowest BCUT2D eigenvalue weighted by Gasteiger charge is -2.27. The average Bonchev–Trinajstić information content (AvgIpc) is 2.94. The topological polar surface area (TPSA) is 83.1 Å². The molecule has 22 heavy (non-hydrogen) atoms. The highest BCUT2D eigenvalue weighted by molar-refractivity contribution is 5.89. The highest BCUT2D eigenvalue weighted by Crippen LogP contribution is 2.31. The summed E-state index contributed by atoms with van der Waals surface area (Å²) in [5.41, 5.74) is 2.62. The second-order valence-electron chi connectivity index (χ2n) is 5.54. The maximum absolute atomic E-state index is 9.37. The standard InChI is InChI=1S/C16H16N4O2/c21-12-1-2-14(18-7-12)11-3-15-13(8-19-20-15)16(4-11)22-9-10-5-17-6-10/h1-4,7-8,10,17,21H,5-6,9H2,(H,19,20). The average molecular weight is 296 g/mol. The van der Waals surface area contributed by atoms with Crippen molar-refractivity contribution >= 4 is 10.9 Å². The number of pyridine rings is 1. The zero-order valence-corrected chi connectivity index (χ0v) is 11.9. The first-order chi connectivity index (χ1) is 10.8. The second kappa shape index (κ2) is 5.31. The summed E-state index contributed by atoms with van der Waals surface area (Å²) in [6, 6.07) is 7.37. The van der Waals surface area contributed by atoms with E-state index >= 15 is 0 Å². The molecule has 3 heterocycles. The molecule has 0 bridgehead atoms. The molecule has 3 aromatic rings. The fraction of sp³-hybridized carbons (Fsp3) is 0.250. The number of benzene rings is 1. The van der Waals surface area contributed by atoms with E-state index in [1.807, 2.05) is 12.1 Å². The summed E-state index contributed by atoms with van der Waals surface area (Å²) in [7, 11) is 0. The van der Waals surface area contributed by atoms with Gasteiger partial charge in [-0.3, -0.25) is 10.1 Å². The van der Waals surface area contributed by atoms with Gasteiger partial charge in [0.2, 0.25) is 0 Å². The van der Waals surface area contributed by atoms with Gasteiger partial charge in [0.25, 0.3) is 0 Å².